The third kappa shape index (κ3) is 3.46. The van der Waals surface area contributed by atoms with Crippen molar-refractivity contribution in [1.29, 1.82) is 0 Å². The molecule has 1 aromatic heterocycles. The highest BCUT2D eigenvalue weighted by molar-refractivity contribution is 5.67. The topological polar surface area (TPSA) is 38.7 Å². The minimum Gasteiger partial charge on any atom is -0.209 e. The van der Waals surface area contributed by atoms with Crippen LogP contribution in [0.4, 0.5) is 0 Å². The van der Waals surface area contributed by atoms with Crippen molar-refractivity contribution < 1.29 is 0 Å². The van der Waals surface area contributed by atoms with Crippen molar-refractivity contribution in [3.8, 4) is 22.8 Å². The van der Waals surface area contributed by atoms with Crippen molar-refractivity contribution in [2.45, 2.75) is 13.3 Å². The Labute approximate surface area is 142 Å². The van der Waals surface area contributed by atoms with Gasteiger partial charge in [0.15, 0.2) is 17.5 Å². The second-order valence-electron chi connectivity index (χ2n) is 5.32. The van der Waals surface area contributed by atoms with E-state index in [0.29, 0.717) is 17.5 Å². The van der Waals surface area contributed by atoms with Crippen LogP contribution in [0.3, 0.4) is 0 Å². The predicted molar refractivity (Wildman–Crippen MR) is 99.2 cm³/mol. The van der Waals surface area contributed by atoms with Crippen molar-refractivity contribution in [2.75, 3.05) is 0 Å². The molecule has 3 heteroatoms. The van der Waals surface area contributed by atoms with Crippen molar-refractivity contribution in [1.82, 2.24) is 15.0 Å². The molecule has 0 saturated carbocycles. The molecule has 0 aliphatic rings. The van der Waals surface area contributed by atoms with E-state index in [0.717, 1.165) is 23.1 Å². The van der Waals surface area contributed by atoms with Gasteiger partial charge in [0, 0.05) is 11.1 Å². The molecule has 0 aliphatic carbocycles. The zero-order valence-electron chi connectivity index (χ0n) is 13.7. The van der Waals surface area contributed by atoms with E-state index in [1.54, 1.807) is 6.08 Å². The average molecular weight is 313 g/mol. The summed E-state index contributed by atoms with van der Waals surface area (Å²) in [6.07, 6.45) is 4.56. The summed E-state index contributed by atoms with van der Waals surface area (Å²) in [6, 6.07) is 20.0. The first-order valence-electron chi connectivity index (χ1n) is 8.00. The number of allylic oxidation sites excluding steroid dienone is 3. The molecule has 0 unspecified atom stereocenters. The third-order valence-electron chi connectivity index (χ3n) is 3.69. The van der Waals surface area contributed by atoms with Gasteiger partial charge in [-0.25, -0.2) is 15.0 Å². The Bertz CT molecular complexity index is 795. The van der Waals surface area contributed by atoms with E-state index in [2.05, 4.69) is 28.5 Å². The fraction of sp³-hybridized carbons (Fsp3) is 0.0952. The molecule has 0 atom stereocenters. The fourth-order valence-electron chi connectivity index (χ4n) is 2.44. The molecule has 0 spiro atoms. The number of benzene rings is 2. The molecule has 3 aromatic rings. The van der Waals surface area contributed by atoms with E-state index in [-0.39, 0.29) is 0 Å². The number of rotatable bonds is 5. The van der Waals surface area contributed by atoms with Crippen LogP contribution in [0.1, 0.15) is 19.2 Å². The second kappa shape index (κ2) is 7.47. The van der Waals surface area contributed by atoms with Crippen LogP contribution >= 0.6 is 0 Å². The van der Waals surface area contributed by atoms with Crippen LogP contribution in [0.2, 0.25) is 0 Å². The average Bonchev–Trinajstić information content (AvgIpc) is 2.67. The fourth-order valence-corrected chi connectivity index (χ4v) is 2.44. The summed E-state index contributed by atoms with van der Waals surface area (Å²) in [7, 11) is 0. The van der Waals surface area contributed by atoms with Crippen molar-refractivity contribution in [3.05, 3.63) is 85.2 Å². The zero-order chi connectivity index (χ0) is 16.8. The molecule has 0 radical (unpaired) electrons. The smallest absolute Gasteiger partial charge is 0.164 e. The molecule has 1 heterocycles. The van der Waals surface area contributed by atoms with E-state index < -0.39 is 0 Å². The Morgan fingerprint density at radius 2 is 1.33 bits per heavy atom. The first-order valence-corrected chi connectivity index (χ1v) is 8.00. The molecular weight excluding hydrogens is 294 g/mol. The number of hydrogen-bond donors (Lipinski definition) is 0. The summed E-state index contributed by atoms with van der Waals surface area (Å²) in [5, 5.41) is 0. The van der Waals surface area contributed by atoms with Crippen LogP contribution < -0.4 is 0 Å². The van der Waals surface area contributed by atoms with Crippen LogP contribution in [-0.2, 0) is 0 Å². The van der Waals surface area contributed by atoms with Crippen molar-refractivity contribution >= 4 is 5.57 Å². The Balaban J connectivity index is 2.20. The van der Waals surface area contributed by atoms with E-state index in [1.807, 2.05) is 66.7 Å². The number of nitrogens with zero attached hydrogens (tertiary/aromatic N) is 3. The van der Waals surface area contributed by atoms with Gasteiger partial charge >= 0.3 is 0 Å². The molecule has 3 rings (SSSR count). The van der Waals surface area contributed by atoms with Gasteiger partial charge in [0.1, 0.15) is 0 Å². The van der Waals surface area contributed by atoms with E-state index in [1.165, 1.54) is 0 Å². The minimum absolute atomic E-state index is 0.683. The summed E-state index contributed by atoms with van der Waals surface area (Å²) in [5.41, 5.74) is 3.00. The highest BCUT2D eigenvalue weighted by Crippen LogP contribution is 2.23. The van der Waals surface area contributed by atoms with Gasteiger partial charge in [-0.2, -0.15) is 0 Å². The maximum Gasteiger partial charge on any atom is 0.164 e. The normalized spacial score (nSPS) is 11.3. The van der Waals surface area contributed by atoms with Gasteiger partial charge in [-0.3, -0.25) is 0 Å². The Morgan fingerprint density at radius 3 is 1.75 bits per heavy atom. The van der Waals surface area contributed by atoms with E-state index in [9.17, 15) is 0 Å². The van der Waals surface area contributed by atoms with Crippen LogP contribution in [-0.4, -0.2) is 15.0 Å². The lowest BCUT2D eigenvalue weighted by Crippen LogP contribution is -2.02. The monoisotopic (exact) mass is 313 g/mol. The molecule has 2 aromatic carbocycles. The first kappa shape index (κ1) is 15.8. The van der Waals surface area contributed by atoms with Gasteiger partial charge in [-0.15, -0.1) is 0 Å². The Morgan fingerprint density at radius 1 is 0.833 bits per heavy atom. The van der Waals surface area contributed by atoms with Crippen molar-refractivity contribution in [3.63, 3.8) is 0 Å². The standard InChI is InChI=1S/C21H19N3/c1-3-11-16(4-2)19-22-20(17-12-7-5-8-13-17)24-21(23-19)18-14-9-6-10-15-18/h3,5-15H,1,4H2,2H3/b16-11+. The summed E-state index contributed by atoms with van der Waals surface area (Å²) >= 11 is 0. The van der Waals surface area contributed by atoms with Crippen LogP contribution in [0.15, 0.2) is 79.4 Å². The predicted octanol–water partition coefficient (Wildman–Crippen LogP) is 5.19. The van der Waals surface area contributed by atoms with Gasteiger partial charge in [-0.1, -0.05) is 86.3 Å². The molecule has 0 aliphatic heterocycles. The quantitative estimate of drug-likeness (QED) is 0.609. The van der Waals surface area contributed by atoms with Crippen molar-refractivity contribution in [2.24, 2.45) is 0 Å². The highest BCUT2D eigenvalue weighted by Gasteiger charge is 2.12. The van der Waals surface area contributed by atoms with E-state index in [4.69, 9.17) is 0 Å². The molecule has 0 amide bonds. The molecule has 0 fully saturated rings. The van der Waals surface area contributed by atoms with Gasteiger partial charge in [0.2, 0.25) is 0 Å². The zero-order valence-corrected chi connectivity index (χ0v) is 13.7. The summed E-state index contributed by atoms with van der Waals surface area (Å²) in [5.74, 6) is 2.07. The molecule has 0 N–H and O–H groups in total. The summed E-state index contributed by atoms with van der Waals surface area (Å²) < 4.78 is 0. The summed E-state index contributed by atoms with van der Waals surface area (Å²) in [4.78, 5) is 14.0. The van der Waals surface area contributed by atoms with Gasteiger partial charge in [-0.05, 0) is 12.0 Å². The SMILES string of the molecule is C=C/C=C(\CC)c1nc(-c2ccccc2)nc(-c2ccccc2)n1. The number of hydrogen-bond acceptors (Lipinski definition) is 3. The molecular formula is C21H19N3. The second-order valence-corrected chi connectivity index (χ2v) is 5.32. The van der Waals surface area contributed by atoms with Crippen LogP contribution in [0.25, 0.3) is 28.3 Å². The third-order valence-corrected chi connectivity index (χ3v) is 3.69. The summed E-state index contributed by atoms with van der Waals surface area (Å²) in [6.45, 7) is 5.87. The molecule has 118 valence electrons. The lowest BCUT2D eigenvalue weighted by atomic mass is 10.1. The molecule has 0 saturated heterocycles. The lowest BCUT2D eigenvalue weighted by Gasteiger charge is -2.09. The number of aromatic nitrogens is 3. The van der Waals surface area contributed by atoms with E-state index >= 15 is 0 Å². The highest BCUT2D eigenvalue weighted by atomic mass is 15.0. The molecule has 0 bridgehead atoms. The van der Waals surface area contributed by atoms with Crippen LogP contribution in [0, 0.1) is 0 Å². The van der Waals surface area contributed by atoms with Crippen LogP contribution in [0.5, 0.6) is 0 Å². The maximum atomic E-state index is 4.68. The Kier molecular flexibility index (Phi) is 4.92. The minimum atomic E-state index is 0.683. The molecule has 3 nitrogen and oxygen atoms in total. The molecule has 24 heavy (non-hydrogen) atoms. The maximum absolute atomic E-state index is 4.68. The van der Waals surface area contributed by atoms with Gasteiger partial charge < -0.3 is 0 Å². The lowest BCUT2D eigenvalue weighted by molar-refractivity contribution is 1.01. The van der Waals surface area contributed by atoms with Gasteiger partial charge in [0.25, 0.3) is 0 Å². The largest absolute Gasteiger partial charge is 0.209 e. The first-order chi connectivity index (χ1) is 11.8. The van der Waals surface area contributed by atoms with Gasteiger partial charge in [0.05, 0.1) is 0 Å². The Hall–Kier alpha value is -3.07.